The molecule has 220 valence electrons. The summed E-state index contributed by atoms with van der Waals surface area (Å²) in [4.78, 5) is 46.0. The van der Waals surface area contributed by atoms with Crippen LogP contribution in [0.2, 0.25) is 0 Å². The highest BCUT2D eigenvalue weighted by Gasteiger charge is 2.63. The zero-order valence-corrected chi connectivity index (χ0v) is 25.8. The SMILES string of the molecule is CCC[C@@H](NC(=O)N1C(=O)C(CC)(CC)C1OC(C)(C)C(=O)N(CC)CCN(CC)CC)c1ccc(C)cc1. The van der Waals surface area contributed by atoms with Crippen molar-refractivity contribution >= 4 is 17.8 Å². The number of rotatable bonds is 15. The third-order valence-electron chi connectivity index (χ3n) is 8.36. The second-order valence-electron chi connectivity index (χ2n) is 11.1. The normalized spacial score (nSPS) is 17.6. The van der Waals surface area contributed by atoms with Crippen molar-refractivity contribution < 1.29 is 19.1 Å². The molecule has 1 aliphatic heterocycles. The van der Waals surface area contributed by atoms with Crippen molar-refractivity contribution in [2.45, 2.75) is 106 Å². The van der Waals surface area contributed by atoms with E-state index in [2.05, 4.69) is 31.0 Å². The fraction of sp³-hybridized carbons (Fsp3) is 0.710. The topological polar surface area (TPSA) is 82.2 Å². The Morgan fingerprint density at radius 1 is 1.00 bits per heavy atom. The molecule has 0 bridgehead atoms. The number of benzene rings is 1. The second-order valence-corrected chi connectivity index (χ2v) is 11.1. The number of aryl methyl sites for hydroxylation is 1. The van der Waals surface area contributed by atoms with E-state index in [9.17, 15) is 14.4 Å². The van der Waals surface area contributed by atoms with Crippen LogP contribution in [0.15, 0.2) is 24.3 Å². The lowest BCUT2D eigenvalue weighted by molar-refractivity contribution is -0.238. The number of carbonyl (C=O) groups is 3. The summed E-state index contributed by atoms with van der Waals surface area (Å²) in [5.41, 5.74) is 0.101. The van der Waals surface area contributed by atoms with Gasteiger partial charge in [0.1, 0.15) is 5.60 Å². The number of carbonyl (C=O) groups excluding carboxylic acids is 3. The zero-order valence-electron chi connectivity index (χ0n) is 25.8. The summed E-state index contributed by atoms with van der Waals surface area (Å²) >= 11 is 0. The first-order valence-corrected chi connectivity index (χ1v) is 14.9. The van der Waals surface area contributed by atoms with Gasteiger partial charge in [0.2, 0.25) is 5.91 Å². The standard InChI is InChI=1S/C31H52N4O4/c1-10-16-25(24-19-17-23(7)18-20-24)32-29(38)35-27(37)31(11-2,12-3)28(35)39-30(8,9)26(36)34(15-6)22-21-33(13-4)14-5/h17-20,25,28H,10-16,21-22H2,1-9H3,(H,32,38)/t25-,28?/m1/s1. The van der Waals surface area contributed by atoms with Crippen molar-refractivity contribution in [2.75, 3.05) is 32.7 Å². The molecule has 0 aromatic heterocycles. The maximum Gasteiger partial charge on any atom is 0.326 e. The minimum absolute atomic E-state index is 0.138. The molecule has 0 radical (unpaired) electrons. The highest BCUT2D eigenvalue weighted by Crippen LogP contribution is 2.47. The van der Waals surface area contributed by atoms with Crippen molar-refractivity contribution in [1.82, 2.24) is 20.0 Å². The zero-order chi connectivity index (χ0) is 29.4. The molecule has 0 aliphatic carbocycles. The first-order valence-electron chi connectivity index (χ1n) is 14.9. The van der Waals surface area contributed by atoms with Crippen LogP contribution in [0.25, 0.3) is 0 Å². The number of nitrogens with one attached hydrogen (secondary N) is 1. The summed E-state index contributed by atoms with van der Waals surface area (Å²) in [5.74, 6) is -0.382. The van der Waals surface area contributed by atoms with Gasteiger partial charge in [0, 0.05) is 19.6 Å². The van der Waals surface area contributed by atoms with Gasteiger partial charge in [-0.3, -0.25) is 9.59 Å². The third kappa shape index (κ3) is 7.20. The van der Waals surface area contributed by atoms with E-state index in [-0.39, 0.29) is 17.9 Å². The Bertz CT molecular complexity index is 954. The average Bonchev–Trinajstić information content (AvgIpc) is 2.91. The van der Waals surface area contributed by atoms with Crippen LogP contribution in [0.5, 0.6) is 0 Å². The quantitative estimate of drug-likeness (QED) is 0.295. The van der Waals surface area contributed by atoms with E-state index in [1.165, 1.54) is 4.90 Å². The minimum atomic E-state index is -1.21. The van der Waals surface area contributed by atoms with Crippen molar-refractivity contribution in [3.05, 3.63) is 35.4 Å². The van der Waals surface area contributed by atoms with E-state index in [1.807, 2.05) is 52.0 Å². The van der Waals surface area contributed by atoms with Crippen molar-refractivity contribution in [1.29, 1.82) is 0 Å². The van der Waals surface area contributed by atoms with Crippen molar-refractivity contribution in [2.24, 2.45) is 5.41 Å². The van der Waals surface area contributed by atoms with Gasteiger partial charge in [0.15, 0.2) is 6.23 Å². The number of β-lactam (4-membered cyclic amide) rings is 1. The first-order chi connectivity index (χ1) is 18.5. The number of nitrogens with zero attached hydrogens (tertiary/aromatic N) is 3. The molecule has 2 rings (SSSR count). The molecule has 1 saturated heterocycles. The molecule has 1 aromatic carbocycles. The molecule has 1 fully saturated rings. The molecule has 1 aliphatic rings. The molecule has 1 N–H and O–H groups in total. The van der Waals surface area contributed by atoms with Crippen LogP contribution in [-0.4, -0.2) is 77.1 Å². The number of ether oxygens (including phenoxy) is 1. The lowest BCUT2D eigenvalue weighted by Crippen LogP contribution is -2.74. The largest absolute Gasteiger partial charge is 0.341 e. The van der Waals surface area contributed by atoms with Crippen LogP contribution < -0.4 is 5.32 Å². The maximum absolute atomic E-state index is 13.7. The van der Waals surface area contributed by atoms with Gasteiger partial charge in [-0.05, 0) is 65.6 Å². The molecule has 1 heterocycles. The lowest BCUT2D eigenvalue weighted by atomic mass is 9.71. The molecule has 0 spiro atoms. The molecule has 1 unspecified atom stereocenters. The molecule has 8 heteroatoms. The Labute approximate surface area is 236 Å². The van der Waals surface area contributed by atoms with E-state index >= 15 is 0 Å². The fourth-order valence-corrected chi connectivity index (χ4v) is 5.44. The van der Waals surface area contributed by atoms with Crippen LogP contribution in [0.4, 0.5) is 4.79 Å². The lowest BCUT2D eigenvalue weighted by Gasteiger charge is -2.55. The number of urea groups is 1. The Balaban J connectivity index is 2.28. The molecular formula is C31H52N4O4. The van der Waals surface area contributed by atoms with E-state index in [0.717, 1.165) is 43.6 Å². The number of likely N-dealkylation sites (tertiary alicyclic amines) is 1. The van der Waals surface area contributed by atoms with Crippen molar-refractivity contribution in [3.63, 3.8) is 0 Å². The van der Waals surface area contributed by atoms with Gasteiger partial charge < -0.3 is 19.9 Å². The number of amides is 4. The molecule has 8 nitrogen and oxygen atoms in total. The minimum Gasteiger partial charge on any atom is -0.341 e. The summed E-state index contributed by atoms with van der Waals surface area (Å²) in [6.07, 6.45) is 1.86. The summed E-state index contributed by atoms with van der Waals surface area (Å²) in [6.45, 7) is 21.4. The summed E-state index contributed by atoms with van der Waals surface area (Å²) in [7, 11) is 0. The first kappa shape index (κ1) is 32.8. The Hall–Kier alpha value is -2.45. The van der Waals surface area contributed by atoms with Crippen molar-refractivity contribution in [3.8, 4) is 0 Å². The van der Waals surface area contributed by atoms with E-state index in [4.69, 9.17) is 4.74 Å². The highest BCUT2D eigenvalue weighted by molar-refractivity contribution is 6.03. The van der Waals surface area contributed by atoms with Crippen LogP contribution in [0.1, 0.15) is 98.2 Å². The number of hydrogen-bond donors (Lipinski definition) is 1. The van der Waals surface area contributed by atoms with Crippen LogP contribution in [0, 0.1) is 12.3 Å². The number of hydrogen-bond acceptors (Lipinski definition) is 5. The molecule has 1 aromatic rings. The third-order valence-corrected chi connectivity index (χ3v) is 8.36. The van der Waals surface area contributed by atoms with Gasteiger partial charge >= 0.3 is 6.03 Å². The Kier molecular flexibility index (Phi) is 12.0. The fourth-order valence-electron chi connectivity index (χ4n) is 5.44. The van der Waals surface area contributed by atoms with Gasteiger partial charge in [-0.1, -0.05) is 70.9 Å². The molecule has 39 heavy (non-hydrogen) atoms. The van der Waals surface area contributed by atoms with Crippen LogP contribution >= 0.6 is 0 Å². The smallest absolute Gasteiger partial charge is 0.326 e. The summed E-state index contributed by atoms with van der Waals surface area (Å²) < 4.78 is 6.48. The van der Waals surface area contributed by atoms with Gasteiger partial charge in [-0.2, -0.15) is 0 Å². The number of imide groups is 1. The van der Waals surface area contributed by atoms with Gasteiger partial charge in [-0.25, -0.2) is 9.69 Å². The monoisotopic (exact) mass is 544 g/mol. The Morgan fingerprint density at radius 3 is 2.08 bits per heavy atom. The second kappa shape index (κ2) is 14.3. The predicted octanol–water partition coefficient (Wildman–Crippen LogP) is 5.51. The van der Waals surface area contributed by atoms with Crippen LogP contribution in [-0.2, 0) is 14.3 Å². The average molecular weight is 545 g/mol. The molecule has 2 atom stereocenters. The molecule has 0 saturated carbocycles. The number of likely N-dealkylation sites (N-methyl/N-ethyl adjacent to an activating group) is 2. The van der Waals surface area contributed by atoms with E-state index in [0.29, 0.717) is 25.9 Å². The van der Waals surface area contributed by atoms with Gasteiger partial charge in [0.05, 0.1) is 11.5 Å². The van der Waals surface area contributed by atoms with Gasteiger partial charge in [-0.15, -0.1) is 0 Å². The predicted molar refractivity (Wildman–Crippen MR) is 156 cm³/mol. The Morgan fingerprint density at radius 2 is 1.59 bits per heavy atom. The van der Waals surface area contributed by atoms with E-state index < -0.39 is 23.3 Å². The van der Waals surface area contributed by atoms with E-state index in [1.54, 1.807) is 18.7 Å². The molecular weight excluding hydrogens is 492 g/mol. The summed E-state index contributed by atoms with van der Waals surface area (Å²) in [5, 5.41) is 3.08. The highest BCUT2D eigenvalue weighted by atomic mass is 16.5. The van der Waals surface area contributed by atoms with Gasteiger partial charge in [0.25, 0.3) is 5.91 Å². The van der Waals surface area contributed by atoms with Crippen LogP contribution in [0.3, 0.4) is 0 Å². The molecule has 4 amide bonds. The summed E-state index contributed by atoms with van der Waals surface area (Å²) in [6, 6.07) is 7.39. The maximum atomic E-state index is 13.7.